The summed E-state index contributed by atoms with van der Waals surface area (Å²) in [5, 5.41) is 6.34. The van der Waals surface area contributed by atoms with Gasteiger partial charge in [-0.1, -0.05) is 0 Å². The van der Waals surface area contributed by atoms with Gasteiger partial charge in [0.05, 0.1) is 6.04 Å². The van der Waals surface area contributed by atoms with Crippen LogP contribution in [0.1, 0.15) is 52.5 Å². The fourth-order valence-corrected chi connectivity index (χ4v) is 2.47. The average molecular weight is 329 g/mol. The molecular formula is C15H21F2N3O3. The highest BCUT2D eigenvalue weighted by Gasteiger charge is 2.36. The van der Waals surface area contributed by atoms with Crippen LogP contribution in [0.4, 0.5) is 19.3 Å². The van der Waals surface area contributed by atoms with Gasteiger partial charge in [0.25, 0.3) is 5.56 Å². The van der Waals surface area contributed by atoms with Crippen LogP contribution in [0.2, 0.25) is 0 Å². The maximum Gasteiger partial charge on any atom is 0.412 e. The molecule has 0 radical (unpaired) electrons. The fourth-order valence-electron chi connectivity index (χ4n) is 2.47. The van der Waals surface area contributed by atoms with E-state index in [2.05, 4.69) is 10.4 Å². The van der Waals surface area contributed by atoms with Crippen molar-refractivity contribution in [3.63, 3.8) is 0 Å². The first-order chi connectivity index (χ1) is 10.6. The number of carbonyl (C=O) groups excluding carboxylic acids is 1. The number of amides is 1. The zero-order chi connectivity index (χ0) is 17.3. The Morgan fingerprint density at radius 1 is 1.39 bits per heavy atom. The molecule has 1 aromatic heterocycles. The van der Waals surface area contributed by atoms with Gasteiger partial charge < -0.3 is 4.74 Å². The lowest BCUT2D eigenvalue weighted by atomic mass is 9.92. The maximum absolute atomic E-state index is 13.2. The Balaban J connectivity index is 2.13. The molecule has 1 heterocycles. The minimum atomic E-state index is -2.67. The molecule has 0 spiro atoms. The summed E-state index contributed by atoms with van der Waals surface area (Å²) in [6, 6.07) is 0.975. The van der Waals surface area contributed by atoms with Crippen molar-refractivity contribution in [1.29, 1.82) is 0 Å². The third kappa shape index (κ3) is 4.74. The molecule has 0 unspecified atom stereocenters. The van der Waals surface area contributed by atoms with E-state index in [0.29, 0.717) is 0 Å². The number of hydrogen-bond donors (Lipinski definition) is 1. The van der Waals surface area contributed by atoms with Gasteiger partial charge in [-0.05, 0) is 39.7 Å². The zero-order valence-corrected chi connectivity index (χ0v) is 13.4. The molecule has 1 saturated carbocycles. The summed E-state index contributed by atoms with van der Waals surface area (Å²) in [7, 11) is 0. The zero-order valence-electron chi connectivity index (χ0n) is 13.4. The molecule has 0 atom stereocenters. The Hall–Kier alpha value is -1.99. The topological polar surface area (TPSA) is 73.2 Å². The summed E-state index contributed by atoms with van der Waals surface area (Å²) in [6.45, 7) is 5.12. The molecule has 1 amide bonds. The van der Waals surface area contributed by atoms with E-state index in [1.165, 1.54) is 16.9 Å². The standard InChI is InChI=1S/C15H21F2N3O3/c1-14(2,3)23-13(22)19-11-6-9-18-20(12(11)21)10-4-7-15(16,17)8-5-10/h6,9-10H,4-5,7-8H2,1-3H3,(H,19,22). The summed E-state index contributed by atoms with van der Waals surface area (Å²) in [5.74, 6) is -2.67. The lowest BCUT2D eigenvalue weighted by Crippen LogP contribution is -2.35. The summed E-state index contributed by atoms with van der Waals surface area (Å²) in [6.07, 6.45) is 0.430. The van der Waals surface area contributed by atoms with Gasteiger partial charge in [-0.15, -0.1) is 0 Å². The summed E-state index contributed by atoms with van der Waals surface area (Å²) < 4.78 is 32.7. The van der Waals surface area contributed by atoms with Gasteiger partial charge in [-0.25, -0.2) is 18.3 Å². The van der Waals surface area contributed by atoms with Crippen LogP contribution >= 0.6 is 0 Å². The number of halogens is 2. The van der Waals surface area contributed by atoms with Crippen LogP contribution in [-0.2, 0) is 4.74 Å². The maximum atomic E-state index is 13.2. The number of anilines is 1. The minimum Gasteiger partial charge on any atom is -0.444 e. The van der Waals surface area contributed by atoms with Crippen molar-refractivity contribution < 1.29 is 18.3 Å². The second kappa shape index (κ2) is 6.25. The van der Waals surface area contributed by atoms with Gasteiger partial charge in [0, 0.05) is 19.0 Å². The lowest BCUT2D eigenvalue weighted by Gasteiger charge is -2.28. The minimum absolute atomic E-state index is 0.0200. The highest BCUT2D eigenvalue weighted by atomic mass is 19.3. The molecule has 1 fully saturated rings. The van der Waals surface area contributed by atoms with Crippen molar-refractivity contribution in [2.24, 2.45) is 0 Å². The van der Waals surface area contributed by atoms with Crippen molar-refractivity contribution in [1.82, 2.24) is 9.78 Å². The molecule has 8 heteroatoms. The third-order valence-electron chi connectivity index (χ3n) is 3.54. The second-order valence-corrected chi connectivity index (χ2v) is 6.71. The van der Waals surface area contributed by atoms with E-state index in [4.69, 9.17) is 4.74 Å². The number of rotatable bonds is 2. The predicted octanol–water partition coefficient (Wildman–Crippen LogP) is 3.34. The highest BCUT2D eigenvalue weighted by molar-refractivity contribution is 5.84. The van der Waals surface area contributed by atoms with Crippen LogP contribution in [0.15, 0.2) is 17.1 Å². The van der Waals surface area contributed by atoms with E-state index < -0.39 is 23.2 Å². The normalized spacial score (nSPS) is 18.5. The van der Waals surface area contributed by atoms with Crippen LogP contribution in [-0.4, -0.2) is 27.4 Å². The smallest absolute Gasteiger partial charge is 0.412 e. The molecule has 0 bridgehead atoms. The molecule has 23 heavy (non-hydrogen) atoms. The number of nitrogens with one attached hydrogen (secondary N) is 1. The Morgan fingerprint density at radius 2 is 2.00 bits per heavy atom. The Kier molecular flexibility index (Phi) is 4.72. The summed E-state index contributed by atoms with van der Waals surface area (Å²) in [5.41, 5.74) is -1.19. The first-order valence-electron chi connectivity index (χ1n) is 7.53. The Labute approximate surface area is 132 Å². The molecule has 1 N–H and O–H groups in total. The van der Waals surface area contributed by atoms with E-state index in [1.807, 2.05) is 0 Å². The van der Waals surface area contributed by atoms with Crippen molar-refractivity contribution in [2.75, 3.05) is 5.32 Å². The molecular weight excluding hydrogens is 308 g/mol. The molecule has 0 aliphatic heterocycles. The van der Waals surface area contributed by atoms with Crippen molar-refractivity contribution in [3.05, 3.63) is 22.6 Å². The van der Waals surface area contributed by atoms with Crippen LogP contribution in [0.3, 0.4) is 0 Å². The molecule has 6 nitrogen and oxygen atoms in total. The van der Waals surface area contributed by atoms with Gasteiger partial charge >= 0.3 is 6.09 Å². The quantitative estimate of drug-likeness (QED) is 0.903. The first-order valence-corrected chi connectivity index (χ1v) is 7.53. The third-order valence-corrected chi connectivity index (χ3v) is 3.54. The van der Waals surface area contributed by atoms with Crippen LogP contribution < -0.4 is 10.9 Å². The number of carbonyl (C=O) groups is 1. The molecule has 2 rings (SSSR count). The first kappa shape index (κ1) is 17.4. The molecule has 1 aromatic rings. The lowest BCUT2D eigenvalue weighted by molar-refractivity contribution is -0.0454. The van der Waals surface area contributed by atoms with Gasteiger partial charge in [0.2, 0.25) is 5.92 Å². The molecule has 0 saturated heterocycles. The number of ether oxygens (including phenoxy) is 1. The van der Waals surface area contributed by atoms with E-state index >= 15 is 0 Å². The molecule has 1 aliphatic carbocycles. The molecule has 1 aliphatic rings. The molecule has 0 aromatic carbocycles. The second-order valence-electron chi connectivity index (χ2n) is 6.71. The van der Waals surface area contributed by atoms with Crippen LogP contribution in [0.25, 0.3) is 0 Å². The average Bonchev–Trinajstić information content (AvgIpc) is 2.39. The van der Waals surface area contributed by atoms with Crippen LogP contribution in [0.5, 0.6) is 0 Å². The number of nitrogens with zero attached hydrogens (tertiary/aromatic N) is 2. The van der Waals surface area contributed by atoms with Gasteiger partial charge in [-0.2, -0.15) is 5.10 Å². The predicted molar refractivity (Wildman–Crippen MR) is 80.8 cm³/mol. The van der Waals surface area contributed by atoms with E-state index in [-0.39, 0.29) is 37.4 Å². The monoisotopic (exact) mass is 329 g/mol. The molecule has 128 valence electrons. The van der Waals surface area contributed by atoms with Crippen LogP contribution in [0, 0.1) is 0 Å². The van der Waals surface area contributed by atoms with E-state index in [9.17, 15) is 18.4 Å². The van der Waals surface area contributed by atoms with E-state index in [0.717, 1.165) is 0 Å². The van der Waals surface area contributed by atoms with Gasteiger partial charge in [0.15, 0.2) is 0 Å². The Morgan fingerprint density at radius 3 is 2.57 bits per heavy atom. The van der Waals surface area contributed by atoms with Crippen molar-refractivity contribution >= 4 is 11.8 Å². The SMILES string of the molecule is CC(C)(C)OC(=O)Nc1ccnn(C2CCC(F)(F)CC2)c1=O. The fraction of sp³-hybridized carbons (Fsp3) is 0.667. The number of aromatic nitrogens is 2. The van der Waals surface area contributed by atoms with Crippen molar-refractivity contribution in [2.45, 2.75) is 64.0 Å². The largest absolute Gasteiger partial charge is 0.444 e. The van der Waals surface area contributed by atoms with Gasteiger partial charge in [-0.3, -0.25) is 10.1 Å². The van der Waals surface area contributed by atoms with E-state index in [1.54, 1.807) is 20.8 Å². The Bertz CT molecular complexity index is 628. The van der Waals surface area contributed by atoms with Crippen molar-refractivity contribution in [3.8, 4) is 0 Å². The number of hydrogen-bond acceptors (Lipinski definition) is 4. The number of alkyl halides is 2. The summed E-state index contributed by atoms with van der Waals surface area (Å²) >= 11 is 0. The summed E-state index contributed by atoms with van der Waals surface area (Å²) in [4.78, 5) is 24.1. The highest BCUT2D eigenvalue weighted by Crippen LogP contribution is 2.37. The van der Waals surface area contributed by atoms with Gasteiger partial charge in [0.1, 0.15) is 11.3 Å².